The van der Waals surface area contributed by atoms with Crippen molar-refractivity contribution in [1.82, 2.24) is 4.98 Å². The molecule has 2 heterocycles. The molecular formula is C18H18N2O2S. The Labute approximate surface area is 140 Å². The van der Waals surface area contributed by atoms with Gasteiger partial charge in [-0.25, -0.2) is 4.98 Å². The highest BCUT2D eigenvalue weighted by Gasteiger charge is 2.21. The molecule has 4 nitrogen and oxygen atoms in total. The minimum Gasteiger partial charge on any atom is -0.493 e. The lowest BCUT2D eigenvalue weighted by Gasteiger charge is -2.10. The number of aromatic nitrogens is 1. The van der Waals surface area contributed by atoms with Crippen molar-refractivity contribution < 1.29 is 9.47 Å². The third kappa shape index (κ3) is 3.22. The summed E-state index contributed by atoms with van der Waals surface area (Å²) in [6, 6.07) is 6.22. The summed E-state index contributed by atoms with van der Waals surface area (Å²) in [6.45, 7) is 6.50. The fourth-order valence-corrected chi connectivity index (χ4v) is 3.39. The molecule has 0 N–H and O–H groups in total. The molecule has 0 spiro atoms. The molecule has 0 bridgehead atoms. The van der Waals surface area contributed by atoms with Crippen molar-refractivity contribution in [1.29, 1.82) is 5.26 Å². The first kappa shape index (κ1) is 15.6. The molecule has 2 aromatic rings. The van der Waals surface area contributed by atoms with Crippen molar-refractivity contribution in [2.75, 3.05) is 6.61 Å². The second kappa shape index (κ2) is 6.43. The largest absolute Gasteiger partial charge is 0.493 e. The van der Waals surface area contributed by atoms with Crippen molar-refractivity contribution in [3.8, 4) is 17.6 Å². The highest BCUT2D eigenvalue weighted by molar-refractivity contribution is 7.11. The molecule has 1 unspecified atom stereocenters. The summed E-state index contributed by atoms with van der Waals surface area (Å²) in [6.07, 6.45) is 2.89. The van der Waals surface area contributed by atoms with Crippen LogP contribution in [0.25, 0.3) is 11.6 Å². The molecule has 0 fully saturated rings. The van der Waals surface area contributed by atoms with Crippen LogP contribution in [0.2, 0.25) is 0 Å². The Bertz CT molecular complexity index is 802. The summed E-state index contributed by atoms with van der Waals surface area (Å²) in [7, 11) is 0. The van der Waals surface area contributed by atoms with Gasteiger partial charge in [0, 0.05) is 28.6 Å². The number of nitriles is 1. The van der Waals surface area contributed by atoms with Crippen molar-refractivity contribution in [3.63, 3.8) is 0 Å². The number of aryl methyl sites for hydroxylation is 1. The molecule has 5 heteroatoms. The van der Waals surface area contributed by atoms with Gasteiger partial charge in [-0.1, -0.05) is 0 Å². The average molecular weight is 326 g/mol. The lowest BCUT2D eigenvalue weighted by atomic mass is 10.0. The number of benzene rings is 1. The van der Waals surface area contributed by atoms with E-state index in [1.54, 1.807) is 0 Å². The highest BCUT2D eigenvalue weighted by atomic mass is 32.1. The number of allylic oxidation sites excluding steroid dienone is 1. The van der Waals surface area contributed by atoms with Gasteiger partial charge in [0.15, 0.2) is 0 Å². The standard InChI is InChI=1S/C18H18N2O2S/c1-4-21-16-7-13-5-12(3)22-17(13)8-14(16)6-15(9-19)18-20-11(2)10-23-18/h6-8,10,12H,4-5H2,1-3H3/b15-6+. The van der Waals surface area contributed by atoms with Gasteiger partial charge < -0.3 is 9.47 Å². The van der Waals surface area contributed by atoms with Crippen LogP contribution >= 0.6 is 11.3 Å². The summed E-state index contributed by atoms with van der Waals surface area (Å²) in [5, 5.41) is 12.1. The summed E-state index contributed by atoms with van der Waals surface area (Å²) in [4.78, 5) is 4.39. The van der Waals surface area contributed by atoms with E-state index in [1.807, 2.05) is 37.4 Å². The Morgan fingerprint density at radius 2 is 2.39 bits per heavy atom. The SMILES string of the molecule is CCOc1cc2c(cc1/C=C(\C#N)c1nc(C)cs1)OC(C)C2. The second-order valence-electron chi connectivity index (χ2n) is 5.53. The van der Waals surface area contributed by atoms with Crippen molar-refractivity contribution in [2.45, 2.75) is 33.3 Å². The summed E-state index contributed by atoms with van der Waals surface area (Å²) in [5.74, 6) is 1.66. The molecule has 1 atom stereocenters. The quantitative estimate of drug-likeness (QED) is 0.789. The van der Waals surface area contributed by atoms with Gasteiger partial charge in [0.05, 0.1) is 12.2 Å². The maximum atomic E-state index is 9.48. The summed E-state index contributed by atoms with van der Waals surface area (Å²) >= 11 is 1.47. The Morgan fingerprint density at radius 3 is 3.04 bits per heavy atom. The van der Waals surface area contributed by atoms with Crippen LogP contribution in [-0.4, -0.2) is 17.7 Å². The maximum Gasteiger partial charge on any atom is 0.134 e. The van der Waals surface area contributed by atoms with Gasteiger partial charge in [-0.05, 0) is 39.0 Å². The smallest absolute Gasteiger partial charge is 0.134 e. The van der Waals surface area contributed by atoms with Crippen molar-refractivity contribution in [2.24, 2.45) is 0 Å². The molecule has 1 aliphatic heterocycles. The molecule has 3 rings (SSSR count). The monoisotopic (exact) mass is 326 g/mol. The lowest BCUT2D eigenvalue weighted by molar-refractivity contribution is 0.254. The number of hydrogen-bond donors (Lipinski definition) is 0. The topological polar surface area (TPSA) is 55.1 Å². The number of rotatable bonds is 4. The van der Waals surface area contributed by atoms with Gasteiger partial charge >= 0.3 is 0 Å². The summed E-state index contributed by atoms with van der Waals surface area (Å²) in [5.41, 5.74) is 3.46. The minimum atomic E-state index is 0.177. The first-order valence-corrected chi connectivity index (χ1v) is 8.49. The fourth-order valence-electron chi connectivity index (χ4n) is 2.62. The zero-order chi connectivity index (χ0) is 16.4. The Hall–Kier alpha value is -2.32. The van der Waals surface area contributed by atoms with Crippen LogP contribution in [0, 0.1) is 18.3 Å². The van der Waals surface area contributed by atoms with Gasteiger partial charge in [-0.2, -0.15) is 5.26 Å². The van der Waals surface area contributed by atoms with E-state index in [0.717, 1.165) is 39.7 Å². The Morgan fingerprint density at radius 1 is 1.57 bits per heavy atom. The third-order valence-corrected chi connectivity index (χ3v) is 4.59. The normalized spacial score (nSPS) is 16.6. The minimum absolute atomic E-state index is 0.177. The zero-order valence-corrected chi connectivity index (χ0v) is 14.2. The third-order valence-electron chi connectivity index (χ3n) is 3.60. The zero-order valence-electron chi connectivity index (χ0n) is 13.4. The number of thiazole rings is 1. The molecule has 0 amide bonds. The molecule has 118 valence electrons. The van der Waals surface area contributed by atoms with Crippen LogP contribution in [0.4, 0.5) is 0 Å². The van der Waals surface area contributed by atoms with Crippen LogP contribution < -0.4 is 9.47 Å². The van der Waals surface area contributed by atoms with Gasteiger partial charge in [0.25, 0.3) is 0 Å². The second-order valence-corrected chi connectivity index (χ2v) is 6.39. The van der Waals surface area contributed by atoms with E-state index in [1.165, 1.54) is 11.3 Å². The predicted molar refractivity (Wildman–Crippen MR) is 91.7 cm³/mol. The van der Waals surface area contributed by atoms with Gasteiger partial charge in [0.2, 0.25) is 0 Å². The molecule has 0 aliphatic carbocycles. The van der Waals surface area contributed by atoms with E-state index in [-0.39, 0.29) is 6.10 Å². The van der Waals surface area contributed by atoms with Crippen LogP contribution in [0.1, 0.15) is 35.7 Å². The molecular weight excluding hydrogens is 308 g/mol. The van der Waals surface area contributed by atoms with Crippen molar-refractivity contribution in [3.05, 3.63) is 39.3 Å². The maximum absolute atomic E-state index is 9.48. The Kier molecular flexibility index (Phi) is 4.35. The van der Waals surface area contributed by atoms with Gasteiger partial charge in [0.1, 0.15) is 28.7 Å². The first-order valence-electron chi connectivity index (χ1n) is 7.61. The molecule has 1 aliphatic rings. The first-order chi connectivity index (χ1) is 11.1. The molecule has 23 heavy (non-hydrogen) atoms. The van der Waals surface area contributed by atoms with Gasteiger partial charge in [-0.15, -0.1) is 11.3 Å². The van der Waals surface area contributed by atoms with Gasteiger partial charge in [-0.3, -0.25) is 0 Å². The average Bonchev–Trinajstić information content (AvgIpc) is 3.09. The molecule has 0 saturated heterocycles. The highest BCUT2D eigenvalue weighted by Crippen LogP contribution is 2.37. The van der Waals surface area contributed by atoms with E-state index in [4.69, 9.17) is 9.47 Å². The molecule has 0 radical (unpaired) electrons. The Balaban J connectivity index is 2.06. The number of hydrogen-bond acceptors (Lipinski definition) is 5. The number of nitrogens with zero attached hydrogens (tertiary/aromatic N) is 2. The van der Waals surface area contributed by atoms with E-state index in [9.17, 15) is 5.26 Å². The van der Waals surface area contributed by atoms with E-state index in [0.29, 0.717) is 12.2 Å². The van der Waals surface area contributed by atoms with Crippen LogP contribution in [0.3, 0.4) is 0 Å². The summed E-state index contributed by atoms with van der Waals surface area (Å²) < 4.78 is 11.6. The predicted octanol–water partition coefficient (Wildman–Crippen LogP) is 4.24. The van der Waals surface area contributed by atoms with Crippen LogP contribution in [0.15, 0.2) is 17.5 Å². The van der Waals surface area contributed by atoms with Crippen LogP contribution in [0.5, 0.6) is 11.5 Å². The molecule has 1 aromatic carbocycles. The van der Waals surface area contributed by atoms with E-state index >= 15 is 0 Å². The van der Waals surface area contributed by atoms with E-state index in [2.05, 4.69) is 18.0 Å². The molecule has 0 saturated carbocycles. The van der Waals surface area contributed by atoms with E-state index < -0.39 is 0 Å². The van der Waals surface area contributed by atoms with Crippen molar-refractivity contribution >= 4 is 23.0 Å². The fraction of sp³-hybridized carbons (Fsp3) is 0.333. The van der Waals surface area contributed by atoms with Crippen LogP contribution in [-0.2, 0) is 6.42 Å². The number of fused-ring (bicyclic) bond motifs is 1. The lowest BCUT2D eigenvalue weighted by Crippen LogP contribution is -2.05. The number of ether oxygens (including phenoxy) is 2. The molecule has 1 aromatic heterocycles.